The summed E-state index contributed by atoms with van der Waals surface area (Å²) in [5, 5.41) is 3.36. The van der Waals surface area contributed by atoms with E-state index in [-0.39, 0.29) is 30.7 Å². The minimum Gasteiger partial charge on any atom is -0.381 e. The van der Waals surface area contributed by atoms with Crippen molar-refractivity contribution in [1.82, 2.24) is 10.2 Å². The van der Waals surface area contributed by atoms with E-state index in [4.69, 9.17) is 10.5 Å². The summed E-state index contributed by atoms with van der Waals surface area (Å²) in [6, 6.07) is 12.2. The molecule has 2 atom stereocenters. The van der Waals surface area contributed by atoms with Crippen LogP contribution in [0.2, 0.25) is 0 Å². The van der Waals surface area contributed by atoms with Crippen molar-refractivity contribution in [3.05, 3.63) is 35.9 Å². The van der Waals surface area contributed by atoms with Crippen LogP contribution in [-0.4, -0.2) is 48.7 Å². The Kier molecular flexibility index (Phi) is 8.59. The van der Waals surface area contributed by atoms with Gasteiger partial charge in [0, 0.05) is 44.4 Å². The van der Waals surface area contributed by atoms with Crippen LogP contribution in [-0.2, 0) is 16.1 Å². The fourth-order valence-corrected chi connectivity index (χ4v) is 5.07. The van der Waals surface area contributed by atoms with Gasteiger partial charge >= 0.3 is 0 Å². The third kappa shape index (κ3) is 4.82. The summed E-state index contributed by atoms with van der Waals surface area (Å²) in [4.78, 5) is 15.6. The number of hydrogen-bond donors (Lipinski definition) is 2. The lowest BCUT2D eigenvalue weighted by Gasteiger charge is -2.41. The summed E-state index contributed by atoms with van der Waals surface area (Å²) < 4.78 is 5.44. The summed E-state index contributed by atoms with van der Waals surface area (Å²) >= 11 is 0. The van der Waals surface area contributed by atoms with Crippen LogP contribution >= 0.6 is 24.8 Å². The third-order valence-electron chi connectivity index (χ3n) is 6.75. The van der Waals surface area contributed by atoms with Crippen molar-refractivity contribution in [3.63, 3.8) is 0 Å². The first-order valence-corrected chi connectivity index (χ1v) is 10.1. The zero-order valence-corrected chi connectivity index (χ0v) is 18.0. The van der Waals surface area contributed by atoms with Gasteiger partial charge in [-0.1, -0.05) is 30.3 Å². The molecule has 0 spiro atoms. The van der Waals surface area contributed by atoms with E-state index in [0.717, 1.165) is 32.2 Å². The van der Waals surface area contributed by atoms with Crippen LogP contribution in [0.15, 0.2) is 30.3 Å². The number of nitrogens with two attached hydrogens (primary N) is 1. The number of rotatable bonds is 5. The van der Waals surface area contributed by atoms with E-state index in [9.17, 15) is 4.79 Å². The van der Waals surface area contributed by atoms with E-state index in [2.05, 4.69) is 40.5 Å². The largest absolute Gasteiger partial charge is 0.381 e. The molecule has 5 nitrogen and oxygen atoms in total. The van der Waals surface area contributed by atoms with Crippen LogP contribution in [0, 0.1) is 5.41 Å². The first-order chi connectivity index (χ1) is 12.7. The maximum absolute atomic E-state index is 13.0. The first-order valence-electron chi connectivity index (χ1n) is 10.1. The number of hydrogen-bond acceptors (Lipinski definition) is 4. The van der Waals surface area contributed by atoms with E-state index in [1.165, 1.54) is 18.4 Å². The monoisotopic (exact) mass is 429 g/mol. The zero-order valence-electron chi connectivity index (χ0n) is 16.3. The Hall–Kier alpha value is -0.850. The number of amides is 1. The van der Waals surface area contributed by atoms with Gasteiger partial charge < -0.3 is 15.8 Å². The quantitative estimate of drug-likeness (QED) is 0.754. The molecule has 7 heteroatoms. The summed E-state index contributed by atoms with van der Waals surface area (Å²) in [5.74, 6) is 0.157. The van der Waals surface area contributed by atoms with Gasteiger partial charge in [-0.15, -0.1) is 24.8 Å². The van der Waals surface area contributed by atoms with E-state index >= 15 is 0 Å². The molecule has 2 bridgehead atoms. The number of ether oxygens (including phenoxy) is 1. The maximum atomic E-state index is 13.0. The molecule has 2 unspecified atom stereocenters. The predicted octanol–water partition coefficient (Wildman–Crippen LogP) is 2.90. The van der Waals surface area contributed by atoms with Gasteiger partial charge in [-0.25, -0.2) is 0 Å². The Morgan fingerprint density at radius 1 is 1.11 bits per heavy atom. The molecule has 1 aromatic carbocycles. The summed E-state index contributed by atoms with van der Waals surface area (Å²) in [6.45, 7) is 2.74. The zero-order chi connectivity index (χ0) is 18.0. The molecule has 0 aromatic heterocycles. The van der Waals surface area contributed by atoms with Crippen LogP contribution in [0.1, 0.15) is 44.1 Å². The summed E-state index contributed by atoms with van der Waals surface area (Å²) in [5.41, 5.74) is 6.96. The lowest BCUT2D eigenvalue weighted by molar-refractivity contribution is -0.137. The molecule has 3 N–H and O–H groups in total. The molecular formula is C21H33Cl2N3O2. The van der Waals surface area contributed by atoms with E-state index in [1.807, 2.05) is 0 Å². The molecule has 28 heavy (non-hydrogen) atoms. The lowest BCUT2D eigenvalue weighted by atomic mass is 9.79. The molecule has 3 saturated heterocycles. The van der Waals surface area contributed by atoms with E-state index < -0.39 is 5.41 Å². The smallest absolute Gasteiger partial charge is 0.227 e. The second kappa shape index (κ2) is 10.3. The highest BCUT2D eigenvalue weighted by Crippen LogP contribution is 2.38. The van der Waals surface area contributed by atoms with Gasteiger partial charge in [0.1, 0.15) is 0 Å². The molecule has 3 aliphatic rings. The molecule has 1 amide bonds. The number of halogens is 2. The second-order valence-electron chi connectivity index (χ2n) is 8.28. The van der Waals surface area contributed by atoms with Gasteiger partial charge in [0.05, 0.1) is 5.41 Å². The number of piperidine rings is 1. The molecular weight excluding hydrogens is 397 g/mol. The topological polar surface area (TPSA) is 67.6 Å². The molecule has 0 radical (unpaired) electrons. The van der Waals surface area contributed by atoms with Crippen LogP contribution < -0.4 is 11.1 Å². The summed E-state index contributed by atoms with van der Waals surface area (Å²) in [7, 11) is 0. The number of carbonyl (C=O) groups is 1. The summed E-state index contributed by atoms with van der Waals surface area (Å²) in [6.07, 6.45) is 6.11. The minimum atomic E-state index is -0.418. The molecule has 1 aromatic rings. The average molecular weight is 430 g/mol. The number of nitrogens with zero attached hydrogens (tertiary/aromatic N) is 1. The maximum Gasteiger partial charge on any atom is 0.227 e. The number of carbonyl (C=O) groups excluding carboxylic acids is 1. The van der Waals surface area contributed by atoms with Gasteiger partial charge in [-0.2, -0.15) is 0 Å². The third-order valence-corrected chi connectivity index (χ3v) is 6.75. The Morgan fingerprint density at radius 3 is 2.29 bits per heavy atom. The Morgan fingerprint density at radius 2 is 1.71 bits per heavy atom. The van der Waals surface area contributed by atoms with Crippen molar-refractivity contribution in [1.29, 1.82) is 0 Å². The van der Waals surface area contributed by atoms with Crippen LogP contribution in [0.25, 0.3) is 0 Å². The number of nitrogens with one attached hydrogen (secondary N) is 1. The van der Waals surface area contributed by atoms with Crippen molar-refractivity contribution in [3.8, 4) is 0 Å². The van der Waals surface area contributed by atoms with Gasteiger partial charge in [-0.05, 0) is 44.1 Å². The highest BCUT2D eigenvalue weighted by atomic mass is 35.5. The predicted molar refractivity (Wildman–Crippen MR) is 116 cm³/mol. The van der Waals surface area contributed by atoms with Crippen molar-refractivity contribution in [2.45, 2.75) is 63.2 Å². The van der Waals surface area contributed by atoms with Gasteiger partial charge in [0.2, 0.25) is 5.91 Å². The van der Waals surface area contributed by atoms with Crippen molar-refractivity contribution in [2.75, 3.05) is 19.8 Å². The van der Waals surface area contributed by atoms with Crippen molar-refractivity contribution < 1.29 is 9.53 Å². The van der Waals surface area contributed by atoms with Crippen molar-refractivity contribution in [2.24, 2.45) is 11.1 Å². The fourth-order valence-electron chi connectivity index (χ4n) is 5.07. The molecule has 4 rings (SSSR count). The fraction of sp³-hybridized carbons (Fsp3) is 0.667. The molecule has 0 saturated carbocycles. The molecule has 0 aliphatic carbocycles. The Bertz CT molecular complexity index is 611. The van der Waals surface area contributed by atoms with E-state index in [0.29, 0.717) is 37.9 Å². The molecule has 3 aliphatic heterocycles. The average Bonchev–Trinajstić information content (AvgIpc) is 2.91. The molecule has 3 heterocycles. The van der Waals surface area contributed by atoms with Crippen LogP contribution in [0.5, 0.6) is 0 Å². The lowest BCUT2D eigenvalue weighted by Crippen LogP contribution is -2.55. The minimum absolute atomic E-state index is 0. The molecule has 3 fully saturated rings. The van der Waals surface area contributed by atoms with Gasteiger partial charge in [0.15, 0.2) is 0 Å². The normalized spacial score (nSPS) is 28.7. The van der Waals surface area contributed by atoms with Gasteiger partial charge in [0.25, 0.3) is 0 Å². The first kappa shape index (κ1) is 23.4. The van der Waals surface area contributed by atoms with Crippen molar-refractivity contribution >= 4 is 30.7 Å². The highest BCUT2D eigenvalue weighted by molar-refractivity contribution is 5.85. The Balaban J connectivity index is 0.00000140. The SMILES string of the molecule is Cl.Cl.NCC1(C(=O)NC2CC3CCC(C2)N3Cc2ccccc2)CCOCC1. The second-order valence-corrected chi connectivity index (χ2v) is 8.28. The molecule has 158 valence electrons. The van der Waals surface area contributed by atoms with Crippen LogP contribution in [0.3, 0.4) is 0 Å². The van der Waals surface area contributed by atoms with Crippen LogP contribution in [0.4, 0.5) is 0 Å². The standard InChI is InChI=1S/C21H31N3O2.2ClH/c22-15-21(8-10-26-11-9-21)20(25)23-17-12-18-6-7-19(13-17)24(18)14-16-4-2-1-3-5-16;;/h1-5,17-19H,6-15,22H2,(H,23,25);2*1H. The number of benzene rings is 1. The van der Waals surface area contributed by atoms with E-state index in [1.54, 1.807) is 0 Å². The Labute approximate surface area is 180 Å². The highest BCUT2D eigenvalue weighted by Gasteiger charge is 2.44. The number of fused-ring (bicyclic) bond motifs is 2. The van der Waals surface area contributed by atoms with Gasteiger partial charge in [-0.3, -0.25) is 9.69 Å².